The third kappa shape index (κ3) is 4.88. The number of nitrogens with zero attached hydrogens (tertiary/aromatic N) is 1. The van der Waals surface area contributed by atoms with E-state index in [1.165, 1.54) is 31.4 Å². The van der Waals surface area contributed by atoms with E-state index in [1.807, 2.05) is 0 Å². The molecule has 2 aromatic rings. The first kappa shape index (κ1) is 18.6. The number of benzene rings is 2. The summed E-state index contributed by atoms with van der Waals surface area (Å²) >= 11 is 5.68. The van der Waals surface area contributed by atoms with Gasteiger partial charge in [-0.3, -0.25) is 14.9 Å². The molecule has 1 amide bonds. The Morgan fingerprint density at radius 3 is 2.72 bits per heavy atom. The van der Waals surface area contributed by atoms with Gasteiger partial charge in [-0.05, 0) is 24.3 Å². The molecule has 0 heterocycles. The first-order valence-electron chi connectivity index (χ1n) is 7.20. The molecule has 0 saturated carbocycles. The average molecular weight is 368 g/mol. The van der Waals surface area contributed by atoms with E-state index in [-0.39, 0.29) is 22.0 Å². The topological polar surface area (TPSA) is 93.5 Å². The Hall–Kier alpha value is -2.71. The molecule has 0 aliphatic rings. The number of anilines is 2. The average Bonchev–Trinajstić information content (AvgIpc) is 2.58. The molecule has 0 bridgehead atoms. The van der Waals surface area contributed by atoms with Crippen LogP contribution in [0.25, 0.3) is 0 Å². The summed E-state index contributed by atoms with van der Waals surface area (Å²) in [5, 5.41) is 16.3. The quantitative estimate of drug-likeness (QED) is 0.442. The first-order chi connectivity index (χ1) is 11.9. The summed E-state index contributed by atoms with van der Waals surface area (Å²) in [5.74, 6) is -1.21. The van der Waals surface area contributed by atoms with Crippen molar-refractivity contribution in [2.24, 2.45) is 0 Å². The van der Waals surface area contributed by atoms with Crippen LogP contribution in [0.2, 0.25) is 5.02 Å². The van der Waals surface area contributed by atoms with Crippen molar-refractivity contribution in [3.63, 3.8) is 0 Å². The maximum absolute atomic E-state index is 13.2. The van der Waals surface area contributed by atoms with Crippen molar-refractivity contribution in [1.29, 1.82) is 0 Å². The highest BCUT2D eigenvalue weighted by molar-refractivity contribution is 6.31. The zero-order valence-electron chi connectivity index (χ0n) is 13.2. The van der Waals surface area contributed by atoms with Crippen molar-refractivity contribution >= 4 is 34.6 Å². The molecule has 0 radical (unpaired) electrons. The van der Waals surface area contributed by atoms with Crippen LogP contribution in [0.5, 0.6) is 0 Å². The molecular formula is C16H15ClFN3O4. The predicted octanol–water partition coefficient (Wildman–Crippen LogP) is 3.70. The van der Waals surface area contributed by atoms with Crippen LogP contribution in [0.3, 0.4) is 0 Å². The van der Waals surface area contributed by atoms with E-state index in [2.05, 4.69) is 10.6 Å². The molecule has 0 aromatic heterocycles. The maximum atomic E-state index is 13.2. The minimum absolute atomic E-state index is 0.0748. The number of ether oxygens (including phenoxy) is 1. The Morgan fingerprint density at radius 2 is 2.08 bits per heavy atom. The molecule has 2 N–H and O–H groups in total. The van der Waals surface area contributed by atoms with Crippen LogP contribution < -0.4 is 10.6 Å². The van der Waals surface area contributed by atoms with Gasteiger partial charge in [-0.25, -0.2) is 4.39 Å². The van der Waals surface area contributed by atoms with Gasteiger partial charge in [0, 0.05) is 37.2 Å². The van der Waals surface area contributed by atoms with Gasteiger partial charge < -0.3 is 15.4 Å². The Bertz CT molecular complexity index is 801. The number of nitrogens with one attached hydrogen (secondary N) is 2. The molecule has 2 aromatic carbocycles. The number of hydrogen-bond donors (Lipinski definition) is 2. The normalized spacial score (nSPS) is 10.4. The lowest BCUT2D eigenvalue weighted by molar-refractivity contribution is -0.384. The minimum atomic E-state index is -0.614. The number of nitro benzene ring substituents is 1. The summed E-state index contributed by atoms with van der Waals surface area (Å²) in [6, 6.07) is 7.61. The summed E-state index contributed by atoms with van der Waals surface area (Å²) in [6.45, 7) is 0.808. The highest BCUT2D eigenvalue weighted by Gasteiger charge is 2.17. The zero-order valence-corrected chi connectivity index (χ0v) is 14.0. The summed E-state index contributed by atoms with van der Waals surface area (Å²) < 4.78 is 18.1. The number of amides is 1. The van der Waals surface area contributed by atoms with E-state index >= 15 is 0 Å². The number of non-ortho nitro benzene ring substituents is 1. The van der Waals surface area contributed by atoms with Crippen LogP contribution in [0.4, 0.5) is 21.5 Å². The lowest BCUT2D eigenvalue weighted by Crippen LogP contribution is -2.17. The van der Waals surface area contributed by atoms with Crippen LogP contribution in [0, 0.1) is 15.9 Å². The van der Waals surface area contributed by atoms with Gasteiger partial charge in [0.25, 0.3) is 11.6 Å². The van der Waals surface area contributed by atoms with E-state index in [4.69, 9.17) is 16.3 Å². The molecule has 25 heavy (non-hydrogen) atoms. The van der Waals surface area contributed by atoms with E-state index < -0.39 is 16.6 Å². The number of carbonyl (C=O) groups is 1. The van der Waals surface area contributed by atoms with Gasteiger partial charge >= 0.3 is 0 Å². The number of halogens is 2. The third-order valence-electron chi connectivity index (χ3n) is 3.26. The summed E-state index contributed by atoms with van der Waals surface area (Å²) in [7, 11) is 1.53. The second-order valence-electron chi connectivity index (χ2n) is 4.99. The lowest BCUT2D eigenvalue weighted by Gasteiger charge is -2.12. The second-order valence-corrected chi connectivity index (χ2v) is 5.40. The largest absolute Gasteiger partial charge is 0.383 e. The maximum Gasteiger partial charge on any atom is 0.270 e. The van der Waals surface area contributed by atoms with Crippen LogP contribution in [0.15, 0.2) is 36.4 Å². The van der Waals surface area contributed by atoms with Gasteiger partial charge in [0.05, 0.1) is 22.1 Å². The Labute approximate surface area is 147 Å². The van der Waals surface area contributed by atoms with Gasteiger partial charge in [-0.1, -0.05) is 11.6 Å². The number of hydrogen-bond acceptors (Lipinski definition) is 5. The van der Waals surface area contributed by atoms with Crippen LogP contribution in [-0.2, 0) is 4.74 Å². The Balaban J connectivity index is 2.29. The molecule has 9 heteroatoms. The molecule has 7 nitrogen and oxygen atoms in total. The fraction of sp³-hybridized carbons (Fsp3) is 0.188. The summed E-state index contributed by atoms with van der Waals surface area (Å²) in [4.78, 5) is 22.9. The monoisotopic (exact) mass is 367 g/mol. The van der Waals surface area contributed by atoms with Crippen molar-refractivity contribution in [2.75, 3.05) is 30.9 Å². The molecule has 0 unspecified atom stereocenters. The number of methoxy groups -OCH3 is 1. The third-order valence-corrected chi connectivity index (χ3v) is 3.55. The zero-order chi connectivity index (χ0) is 18.4. The summed E-state index contributed by atoms with van der Waals surface area (Å²) in [5.41, 5.74) is 0.532. The van der Waals surface area contributed by atoms with E-state index in [9.17, 15) is 19.3 Å². The Morgan fingerprint density at radius 1 is 1.32 bits per heavy atom. The van der Waals surface area contributed by atoms with Crippen molar-refractivity contribution in [3.05, 3.63) is 62.9 Å². The minimum Gasteiger partial charge on any atom is -0.383 e. The molecule has 0 spiro atoms. The molecule has 0 atom stereocenters. The fourth-order valence-electron chi connectivity index (χ4n) is 2.05. The predicted molar refractivity (Wildman–Crippen MR) is 92.8 cm³/mol. The van der Waals surface area contributed by atoms with Crippen molar-refractivity contribution < 1.29 is 18.8 Å². The standard InChI is InChI=1S/C16H15ClFN3O4/c1-25-7-6-19-15-5-3-11(21(23)24)9-12(15)16(22)20-10-2-4-14(18)13(17)8-10/h2-5,8-9,19H,6-7H2,1H3,(H,20,22). The van der Waals surface area contributed by atoms with Crippen molar-refractivity contribution in [3.8, 4) is 0 Å². The van der Waals surface area contributed by atoms with Gasteiger partial charge in [-0.15, -0.1) is 0 Å². The van der Waals surface area contributed by atoms with E-state index in [0.29, 0.717) is 18.8 Å². The highest BCUT2D eigenvalue weighted by Crippen LogP contribution is 2.25. The van der Waals surface area contributed by atoms with Crippen molar-refractivity contribution in [2.45, 2.75) is 0 Å². The number of nitro groups is 1. The molecule has 132 valence electrons. The highest BCUT2D eigenvalue weighted by atomic mass is 35.5. The van der Waals surface area contributed by atoms with Crippen molar-refractivity contribution in [1.82, 2.24) is 0 Å². The van der Waals surface area contributed by atoms with Gasteiger partial charge in [0.1, 0.15) is 5.82 Å². The summed E-state index contributed by atoms with van der Waals surface area (Å²) in [6.07, 6.45) is 0. The fourth-order valence-corrected chi connectivity index (χ4v) is 2.23. The van der Waals surface area contributed by atoms with Gasteiger partial charge in [-0.2, -0.15) is 0 Å². The molecule has 0 saturated heterocycles. The number of rotatable bonds is 7. The van der Waals surface area contributed by atoms with Crippen LogP contribution in [-0.4, -0.2) is 31.1 Å². The van der Waals surface area contributed by atoms with E-state index in [0.717, 1.165) is 12.1 Å². The first-order valence-corrected chi connectivity index (χ1v) is 7.58. The van der Waals surface area contributed by atoms with Crippen LogP contribution in [0.1, 0.15) is 10.4 Å². The van der Waals surface area contributed by atoms with E-state index in [1.54, 1.807) is 0 Å². The van der Waals surface area contributed by atoms with Gasteiger partial charge in [0.2, 0.25) is 0 Å². The SMILES string of the molecule is COCCNc1ccc([N+](=O)[O-])cc1C(=O)Nc1ccc(F)c(Cl)c1. The molecular weight excluding hydrogens is 353 g/mol. The second kappa shape index (κ2) is 8.41. The molecule has 0 aliphatic heterocycles. The Kier molecular flexibility index (Phi) is 6.26. The molecule has 2 rings (SSSR count). The number of carbonyl (C=O) groups excluding carboxylic acids is 1. The van der Waals surface area contributed by atoms with Gasteiger partial charge in [0.15, 0.2) is 0 Å². The van der Waals surface area contributed by atoms with Crippen LogP contribution >= 0.6 is 11.6 Å². The molecule has 0 fully saturated rings. The lowest BCUT2D eigenvalue weighted by atomic mass is 10.1. The smallest absolute Gasteiger partial charge is 0.270 e. The molecule has 0 aliphatic carbocycles.